The molecule has 0 aliphatic heterocycles. The lowest BCUT2D eigenvalue weighted by atomic mass is 10.3. The molecule has 0 saturated carbocycles. The third-order valence-corrected chi connectivity index (χ3v) is 5.22. The fraction of sp³-hybridized carbons (Fsp3) is 0.316. The molecule has 2 rings (SSSR count). The summed E-state index contributed by atoms with van der Waals surface area (Å²) < 4.78 is 42.4. The molecule has 2 aromatic carbocycles. The van der Waals surface area contributed by atoms with E-state index in [1.54, 1.807) is 36.4 Å². The minimum Gasteiger partial charge on any atom is -0.494 e. The molecule has 0 spiro atoms. The van der Waals surface area contributed by atoms with E-state index in [9.17, 15) is 13.2 Å². The number of nitrogens with one attached hydrogen (secondary N) is 1. The van der Waals surface area contributed by atoms with Crippen molar-refractivity contribution in [2.75, 3.05) is 26.4 Å². The normalized spacial score (nSPS) is 11.1. The van der Waals surface area contributed by atoms with E-state index >= 15 is 0 Å². The summed E-state index contributed by atoms with van der Waals surface area (Å²) in [6, 6.07) is 12.8. The van der Waals surface area contributed by atoms with Crippen molar-refractivity contribution in [2.24, 2.45) is 0 Å². The second kappa shape index (κ2) is 10.9. The van der Waals surface area contributed by atoms with Gasteiger partial charge in [0.2, 0.25) is 10.0 Å². The van der Waals surface area contributed by atoms with Crippen LogP contribution in [0.5, 0.6) is 11.5 Å². The average Bonchev–Trinajstić information content (AvgIpc) is 2.67. The Hall–Kier alpha value is -2.29. The first-order valence-corrected chi connectivity index (χ1v) is 10.5. The van der Waals surface area contributed by atoms with Gasteiger partial charge in [0.05, 0.1) is 17.9 Å². The Morgan fingerprint density at radius 1 is 0.964 bits per heavy atom. The van der Waals surface area contributed by atoms with Crippen LogP contribution in [0.1, 0.15) is 13.3 Å². The molecule has 28 heavy (non-hydrogen) atoms. The number of carbonyl (C=O) groups excluding carboxylic acids is 1. The quantitative estimate of drug-likeness (QED) is 0.438. The van der Waals surface area contributed by atoms with Crippen LogP contribution in [0.3, 0.4) is 0 Å². The molecule has 0 amide bonds. The smallest absolute Gasteiger partial charge is 0.307 e. The van der Waals surface area contributed by atoms with E-state index < -0.39 is 16.0 Å². The molecule has 0 radical (unpaired) electrons. The number of sulfonamides is 1. The Balaban J connectivity index is 1.67. The molecule has 0 unspecified atom stereocenters. The number of halogens is 1. The van der Waals surface area contributed by atoms with Crippen LogP contribution in [0, 0.1) is 0 Å². The maximum atomic E-state index is 12.2. The number of hydrogen-bond donors (Lipinski definition) is 1. The van der Waals surface area contributed by atoms with Crippen LogP contribution in [0.4, 0.5) is 0 Å². The molecule has 9 heteroatoms. The van der Waals surface area contributed by atoms with Crippen LogP contribution in [-0.4, -0.2) is 40.8 Å². The Morgan fingerprint density at radius 2 is 1.57 bits per heavy atom. The van der Waals surface area contributed by atoms with E-state index in [0.29, 0.717) is 23.1 Å². The van der Waals surface area contributed by atoms with Crippen LogP contribution < -0.4 is 14.2 Å². The van der Waals surface area contributed by atoms with Crippen molar-refractivity contribution in [3.63, 3.8) is 0 Å². The van der Waals surface area contributed by atoms with Gasteiger partial charge in [-0.05, 0) is 55.5 Å². The second-order valence-corrected chi connectivity index (χ2v) is 7.78. The van der Waals surface area contributed by atoms with Crippen molar-refractivity contribution in [1.82, 2.24) is 4.72 Å². The molecule has 0 heterocycles. The monoisotopic (exact) mass is 427 g/mol. The average molecular weight is 428 g/mol. The van der Waals surface area contributed by atoms with Gasteiger partial charge >= 0.3 is 5.97 Å². The SMILES string of the molecule is CCOc1ccc(S(=O)(=O)NCCC(=O)OCCOc2ccc(Cl)cc2)cc1. The highest BCUT2D eigenvalue weighted by Gasteiger charge is 2.14. The summed E-state index contributed by atoms with van der Waals surface area (Å²) in [5.41, 5.74) is 0. The number of ether oxygens (including phenoxy) is 3. The first-order valence-electron chi connectivity index (χ1n) is 8.67. The number of benzene rings is 2. The van der Waals surface area contributed by atoms with Crippen molar-refractivity contribution in [2.45, 2.75) is 18.2 Å². The summed E-state index contributed by atoms with van der Waals surface area (Å²) >= 11 is 5.77. The second-order valence-electron chi connectivity index (χ2n) is 5.58. The van der Waals surface area contributed by atoms with E-state index in [1.165, 1.54) is 12.1 Å². The molecule has 1 N–H and O–H groups in total. The van der Waals surface area contributed by atoms with Gasteiger partial charge in [0.25, 0.3) is 0 Å². The van der Waals surface area contributed by atoms with Crippen molar-refractivity contribution < 1.29 is 27.4 Å². The highest BCUT2D eigenvalue weighted by Crippen LogP contribution is 2.16. The van der Waals surface area contributed by atoms with Gasteiger partial charge in [-0.1, -0.05) is 11.6 Å². The third-order valence-electron chi connectivity index (χ3n) is 3.49. The summed E-state index contributed by atoms with van der Waals surface area (Å²) in [7, 11) is -3.70. The predicted molar refractivity (Wildman–Crippen MR) is 105 cm³/mol. The minimum atomic E-state index is -3.70. The van der Waals surface area contributed by atoms with Crippen LogP contribution in [0.2, 0.25) is 5.02 Å². The lowest BCUT2D eigenvalue weighted by Crippen LogP contribution is -2.27. The Labute approximate surface area is 169 Å². The first kappa shape index (κ1) is 22.0. The van der Waals surface area contributed by atoms with E-state index in [2.05, 4.69) is 4.72 Å². The molecule has 0 atom stereocenters. The van der Waals surface area contributed by atoms with Gasteiger partial charge < -0.3 is 14.2 Å². The Morgan fingerprint density at radius 3 is 2.21 bits per heavy atom. The molecule has 152 valence electrons. The summed E-state index contributed by atoms with van der Waals surface area (Å²) in [4.78, 5) is 11.8. The standard InChI is InChI=1S/C19H22ClNO6S/c1-2-25-16-7-9-18(10-8-16)28(23,24)21-12-11-19(22)27-14-13-26-17-5-3-15(20)4-6-17/h3-10,21H,2,11-14H2,1H3. The van der Waals surface area contributed by atoms with Crippen LogP contribution in [0.15, 0.2) is 53.4 Å². The molecular weight excluding hydrogens is 406 g/mol. The molecule has 0 fully saturated rings. The largest absolute Gasteiger partial charge is 0.494 e. The van der Waals surface area contributed by atoms with Gasteiger partial charge in [-0.25, -0.2) is 13.1 Å². The van der Waals surface area contributed by atoms with Gasteiger partial charge in [0, 0.05) is 11.6 Å². The van der Waals surface area contributed by atoms with Crippen LogP contribution in [-0.2, 0) is 19.6 Å². The van der Waals surface area contributed by atoms with Gasteiger partial charge in [0.1, 0.15) is 24.7 Å². The molecule has 0 bridgehead atoms. The van der Waals surface area contributed by atoms with Gasteiger partial charge in [-0.15, -0.1) is 0 Å². The number of esters is 1. The summed E-state index contributed by atoms with van der Waals surface area (Å²) in [6.45, 7) is 2.52. The van der Waals surface area contributed by atoms with E-state index in [0.717, 1.165) is 0 Å². The fourth-order valence-electron chi connectivity index (χ4n) is 2.17. The number of rotatable bonds is 11. The van der Waals surface area contributed by atoms with Crippen LogP contribution >= 0.6 is 11.6 Å². The number of hydrogen-bond acceptors (Lipinski definition) is 6. The summed E-state index contributed by atoms with van der Waals surface area (Å²) in [6.07, 6.45) is -0.0861. The maximum Gasteiger partial charge on any atom is 0.307 e. The molecule has 0 aliphatic carbocycles. The summed E-state index contributed by atoms with van der Waals surface area (Å²) in [5.74, 6) is 0.684. The molecule has 7 nitrogen and oxygen atoms in total. The fourth-order valence-corrected chi connectivity index (χ4v) is 3.33. The van der Waals surface area contributed by atoms with Gasteiger partial charge in [0.15, 0.2) is 0 Å². The lowest BCUT2D eigenvalue weighted by Gasteiger charge is -2.09. The predicted octanol–water partition coefficient (Wildman–Crippen LogP) is 3.03. The Kier molecular flexibility index (Phi) is 8.56. The first-order chi connectivity index (χ1) is 13.4. The highest BCUT2D eigenvalue weighted by molar-refractivity contribution is 7.89. The topological polar surface area (TPSA) is 90.9 Å². The summed E-state index contributed by atoms with van der Waals surface area (Å²) in [5, 5.41) is 0.603. The molecule has 2 aromatic rings. The van der Waals surface area contributed by atoms with Crippen molar-refractivity contribution in [1.29, 1.82) is 0 Å². The molecule has 0 aromatic heterocycles. The van der Waals surface area contributed by atoms with E-state index in [-0.39, 0.29) is 31.1 Å². The van der Waals surface area contributed by atoms with Crippen molar-refractivity contribution in [3.8, 4) is 11.5 Å². The Bertz CT molecular complexity index is 853. The number of carbonyl (C=O) groups is 1. The third kappa shape index (κ3) is 7.38. The molecule has 0 aliphatic rings. The van der Waals surface area contributed by atoms with Crippen LogP contribution in [0.25, 0.3) is 0 Å². The lowest BCUT2D eigenvalue weighted by molar-refractivity contribution is -0.144. The zero-order chi connectivity index (χ0) is 20.4. The highest BCUT2D eigenvalue weighted by atomic mass is 35.5. The van der Waals surface area contributed by atoms with Crippen molar-refractivity contribution in [3.05, 3.63) is 53.6 Å². The van der Waals surface area contributed by atoms with E-state index in [1.807, 2.05) is 6.92 Å². The minimum absolute atomic E-state index is 0.0626. The van der Waals surface area contributed by atoms with Crippen molar-refractivity contribution >= 4 is 27.6 Å². The zero-order valence-electron chi connectivity index (χ0n) is 15.4. The van der Waals surface area contributed by atoms with E-state index in [4.69, 9.17) is 25.8 Å². The van der Waals surface area contributed by atoms with Gasteiger partial charge in [-0.2, -0.15) is 0 Å². The molecule has 0 saturated heterocycles. The maximum absolute atomic E-state index is 12.2. The zero-order valence-corrected chi connectivity index (χ0v) is 17.0. The van der Waals surface area contributed by atoms with Gasteiger partial charge in [-0.3, -0.25) is 4.79 Å². The molecular formula is C19H22ClNO6S.